The summed E-state index contributed by atoms with van der Waals surface area (Å²) in [4.78, 5) is 20.4. The number of nitrogens with zero attached hydrogens (tertiary/aromatic N) is 3. The van der Waals surface area contributed by atoms with Gasteiger partial charge in [-0.15, -0.1) is 0 Å². The predicted octanol–water partition coefficient (Wildman–Crippen LogP) is 2.69. The van der Waals surface area contributed by atoms with E-state index in [1.54, 1.807) is 24.3 Å². The van der Waals surface area contributed by atoms with Gasteiger partial charge in [-0.2, -0.15) is 0 Å². The standard InChI is InChI=1S/C17H20N6O3S/c1-10(2)26-11-6-7-12(20-9-11)14(18)21-16(27)22-15-13(5-4-8-19-15)23(3)17(24)25/h4-10H,1-3H3,(H,24,25)(H3,18,19,21,22,27). The van der Waals surface area contributed by atoms with E-state index in [2.05, 4.69) is 20.6 Å². The third-order valence-corrected chi connectivity index (χ3v) is 3.47. The van der Waals surface area contributed by atoms with Crippen LogP contribution in [0, 0.1) is 5.41 Å². The lowest BCUT2D eigenvalue weighted by Crippen LogP contribution is -2.35. The van der Waals surface area contributed by atoms with Crippen molar-refractivity contribution in [2.75, 3.05) is 17.3 Å². The Morgan fingerprint density at radius 2 is 2.07 bits per heavy atom. The third kappa shape index (κ3) is 5.61. The molecule has 0 aliphatic carbocycles. The molecule has 0 bridgehead atoms. The van der Waals surface area contributed by atoms with Gasteiger partial charge < -0.3 is 20.5 Å². The minimum absolute atomic E-state index is 0.0207. The Morgan fingerprint density at radius 1 is 1.33 bits per heavy atom. The Kier molecular flexibility index (Phi) is 6.61. The molecule has 0 aliphatic rings. The fraction of sp³-hybridized carbons (Fsp3) is 0.235. The highest BCUT2D eigenvalue weighted by atomic mass is 32.1. The number of anilines is 2. The number of rotatable bonds is 5. The summed E-state index contributed by atoms with van der Waals surface area (Å²) in [5.74, 6) is 0.839. The zero-order chi connectivity index (χ0) is 20.0. The molecule has 0 saturated heterocycles. The molecule has 142 valence electrons. The molecule has 0 saturated carbocycles. The quantitative estimate of drug-likeness (QED) is 0.350. The van der Waals surface area contributed by atoms with Gasteiger partial charge in [-0.3, -0.25) is 10.3 Å². The van der Waals surface area contributed by atoms with E-state index in [1.807, 2.05) is 13.8 Å². The van der Waals surface area contributed by atoms with Crippen LogP contribution in [0.25, 0.3) is 0 Å². The first-order valence-electron chi connectivity index (χ1n) is 7.99. The zero-order valence-corrected chi connectivity index (χ0v) is 15.9. The molecular formula is C17H20N6O3S. The topological polar surface area (TPSA) is 123 Å². The highest BCUT2D eigenvalue weighted by Crippen LogP contribution is 2.21. The van der Waals surface area contributed by atoms with Gasteiger partial charge in [0.25, 0.3) is 0 Å². The van der Waals surface area contributed by atoms with Crippen molar-refractivity contribution >= 4 is 40.8 Å². The summed E-state index contributed by atoms with van der Waals surface area (Å²) in [7, 11) is 1.40. The highest BCUT2D eigenvalue weighted by molar-refractivity contribution is 7.80. The van der Waals surface area contributed by atoms with Crippen molar-refractivity contribution in [2.24, 2.45) is 0 Å². The number of hydrogen-bond acceptors (Lipinski definition) is 6. The summed E-state index contributed by atoms with van der Waals surface area (Å²) >= 11 is 5.19. The number of nitrogens with one attached hydrogen (secondary N) is 3. The van der Waals surface area contributed by atoms with Gasteiger partial charge in [-0.1, -0.05) is 0 Å². The smallest absolute Gasteiger partial charge is 0.411 e. The maximum Gasteiger partial charge on any atom is 0.411 e. The fourth-order valence-corrected chi connectivity index (χ4v) is 2.25. The molecule has 2 aromatic rings. The van der Waals surface area contributed by atoms with Crippen LogP contribution >= 0.6 is 12.2 Å². The molecule has 0 aromatic carbocycles. The number of amides is 1. The Balaban J connectivity index is 2.04. The third-order valence-electron chi connectivity index (χ3n) is 3.27. The molecule has 0 aliphatic heterocycles. The molecule has 2 aromatic heterocycles. The molecule has 27 heavy (non-hydrogen) atoms. The van der Waals surface area contributed by atoms with E-state index in [9.17, 15) is 4.79 Å². The van der Waals surface area contributed by atoms with Crippen LogP contribution in [-0.2, 0) is 0 Å². The predicted molar refractivity (Wildman–Crippen MR) is 107 cm³/mol. The number of carbonyl (C=O) groups is 1. The van der Waals surface area contributed by atoms with E-state index in [-0.39, 0.29) is 22.9 Å². The first kappa shape index (κ1) is 20.0. The van der Waals surface area contributed by atoms with E-state index in [0.29, 0.717) is 17.1 Å². The molecule has 10 heteroatoms. The van der Waals surface area contributed by atoms with Gasteiger partial charge in [-0.05, 0) is 50.3 Å². The van der Waals surface area contributed by atoms with Gasteiger partial charge in [0.1, 0.15) is 11.4 Å². The Labute approximate surface area is 161 Å². The van der Waals surface area contributed by atoms with Gasteiger partial charge in [0.15, 0.2) is 16.8 Å². The molecule has 0 atom stereocenters. The Morgan fingerprint density at radius 3 is 2.67 bits per heavy atom. The summed E-state index contributed by atoms with van der Waals surface area (Å²) in [5, 5.41) is 22.8. The van der Waals surface area contributed by atoms with Crippen LogP contribution in [-0.4, -0.2) is 45.3 Å². The number of pyridine rings is 2. The summed E-state index contributed by atoms with van der Waals surface area (Å²) in [6.07, 6.45) is 1.93. The first-order chi connectivity index (χ1) is 12.8. The van der Waals surface area contributed by atoms with Crippen LogP contribution in [0.2, 0.25) is 0 Å². The molecule has 0 spiro atoms. The number of carboxylic acid groups (broad SMARTS) is 1. The number of ether oxygens (including phenoxy) is 1. The normalized spacial score (nSPS) is 10.2. The molecule has 2 heterocycles. The van der Waals surface area contributed by atoms with Gasteiger partial charge in [-0.25, -0.2) is 14.8 Å². The number of aromatic nitrogens is 2. The van der Waals surface area contributed by atoms with E-state index in [1.165, 1.54) is 19.4 Å². The summed E-state index contributed by atoms with van der Waals surface area (Å²) in [6, 6.07) is 6.56. The van der Waals surface area contributed by atoms with E-state index in [0.717, 1.165) is 4.90 Å². The van der Waals surface area contributed by atoms with Gasteiger partial charge in [0.2, 0.25) is 0 Å². The lowest BCUT2D eigenvalue weighted by atomic mass is 10.3. The molecule has 9 nitrogen and oxygen atoms in total. The average molecular weight is 388 g/mol. The Bertz CT molecular complexity index is 841. The molecular weight excluding hydrogens is 368 g/mol. The lowest BCUT2D eigenvalue weighted by Gasteiger charge is -2.18. The van der Waals surface area contributed by atoms with Crippen molar-refractivity contribution in [3.05, 3.63) is 42.4 Å². The van der Waals surface area contributed by atoms with Gasteiger partial charge in [0, 0.05) is 13.2 Å². The van der Waals surface area contributed by atoms with Crippen LogP contribution in [0.15, 0.2) is 36.7 Å². The van der Waals surface area contributed by atoms with Crippen molar-refractivity contribution in [2.45, 2.75) is 20.0 Å². The SMILES string of the molecule is CC(C)Oc1ccc(C(=N)NC(=S)Nc2ncccc2N(C)C(=O)O)nc1. The first-order valence-corrected chi connectivity index (χ1v) is 8.40. The number of hydrogen-bond donors (Lipinski definition) is 4. The second-order valence-corrected chi connectivity index (χ2v) is 6.12. The van der Waals surface area contributed by atoms with Crippen molar-refractivity contribution in [1.82, 2.24) is 15.3 Å². The van der Waals surface area contributed by atoms with Crippen LogP contribution < -0.4 is 20.3 Å². The largest absolute Gasteiger partial charge is 0.489 e. The van der Waals surface area contributed by atoms with Crippen molar-refractivity contribution < 1.29 is 14.6 Å². The molecule has 0 radical (unpaired) electrons. The molecule has 0 unspecified atom stereocenters. The Hall–Kier alpha value is -3.27. The number of amidine groups is 1. The zero-order valence-electron chi connectivity index (χ0n) is 15.1. The van der Waals surface area contributed by atoms with Crippen LogP contribution in [0.4, 0.5) is 16.3 Å². The number of thiocarbonyl (C=S) groups is 1. The van der Waals surface area contributed by atoms with Crippen molar-refractivity contribution in [3.63, 3.8) is 0 Å². The average Bonchev–Trinajstić information content (AvgIpc) is 2.61. The molecule has 1 amide bonds. The molecule has 4 N–H and O–H groups in total. The second kappa shape index (κ2) is 8.90. The molecule has 0 fully saturated rings. The van der Waals surface area contributed by atoms with Crippen LogP contribution in [0.5, 0.6) is 5.75 Å². The van der Waals surface area contributed by atoms with Crippen LogP contribution in [0.1, 0.15) is 19.5 Å². The van der Waals surface area contributed by atoms with Gasteiger partial charge in [0.05, 0.1) is 18.0 Å². The van der Waals surface area contributed by atoms with E-state index in [4.69, 9.17) is 27.5 Å². The monoisotopic (exact) mass is 388 g/mol. The summed E-state index contributed by atoms with van der Waals surface area (Å²) < 4.78 is 5.51. The lowest BCUT2D eigenvalue weighted by molar-refractivity contribution is 0.203. The fourth-order valence-electron chi connectivity index (χ4n) is 2.05. The van der Waals surface area contributed by atoms with E-state index >= 15 is 0 Å². The minimum Gasteiger partial charge on any atom is -0.489 e. The summed E-state index contributed by atoms with van der Waals surface area (Å²) in [6.45, 7) is 3.82. The maximum atomic E-state index is 11.2. The minimum atomic E-state index is -1.13. The van der Waals surface area contributed by atoms with E-state index < -0.39 is 6.09 Å². The summed E-state index contributed by atoms with van der Waals surface area (Å²) in [5.41, 5.74) is 0.702. The van der Waals surface area contributed by atoms with Crippen molar-refractivity contribution in [1.29, 1.82) is 5.41 Å². The van der Waals surface area contributed by atoms with Gasteiger partial charge >= 0.3 is 6.09 Å². The maximum absolute atomic E-state index is 11.2. The van der Waals surface area contributed by atoms with Crippen molar-refractivity contribution in [3.8, 4) is 5.75 Å². The highest BCUT2D eigenvalue weighted by Gasteiger charge is 2.15. The van der Waals surface area contributed by atoms with Crippen LogP contribution in [0.3, 0.4) is 0 Å². The molecule has 2 rings (SSSR count). The second-order valence-electron chi connectivity index (χ2n) is 5.71.